The molecule has 442 valence electrons. The first-order valence-electron chi connectivity index (χ1n) is 28.4. The molecule has 2 aliphatic carbocycles. The number of piperidine rings is 2. The summed E-state index contributed by atoms with van der Waals surface area (Å²) in [5, 5.41) is 15.4. The molecule has 5 heterocycles. The molecule has 5 N–H and O–H groups in total. The number of benzene rings is 3. The van der Waals surface area contributed by atoms with Gasteiger partial charge in [-0.05, 0) is 127 Å². The second kappa shape index (κ2) is 25.8. The molecule has 3 aromatic carbocycles. The number of carbonyl (C=O) groups excluding carboxylic acids is 6. The van der Waals surface area contributed by atoms with Crippen LogP contribution in [0.4, 0.5) is 0 Å². The van der Waals surface area contributed by atoms with E-state index in [0.29, 0.717) is 123 Å². The van der Waals surface area contributed by atoms with Crippen LogP contribution >= 0.6 is 0 Å². The molecule has 0 spiro atoms. The number of hydrogen-bond donors (Lipinski definition) is 5. The first-order valence-corrected chi connectivity index (χ1v) is 28.4. The van der Waals surface area contributed by atoms with Gasteiger partial charge in [0.15, 0.2) is 5.78 Å². The number of fused-ring (bicyclic) bond motifs is 3. The van der Waals surface area contributed by atoms with Crippen molar-refractivity contribution in [2.75, 3.05) is 20.6 Å². The second-order valence-corrected chi connectivity index (χ2v) is 23.7. The Labute approximate surface area is 487 Å². The van der Waals surface area contributed by atoms with Crippen molar-refractivity contribution >= 4 is 68.0 Å². The molecular formula is C63H76N12O9. The Morgan fingerprint density at radius 1 is 0.571 bits per heavy atom. The van der Waals surface area contributed by atoms with E-state index < -0.39 is 18.1 Å². The number of ketones is 1. The number of nitrogens with zero attached hydrogens (tertiary/aromatic N) is 7. The lowest BCUT2D eigenvalue weighted by atomic mass is 9.90. The molecule has 2 aliphatic heterocycles. The predicted molar refractivity (Wildman–Crippen MR) is 321 cm³/mol. The van der Waals surface area contributed by atoms with Gasteiger partial charge in [0, 0.05) is 49.8 Å². The number of likely N-dealkylation sites (N-methyl/N-ethyl adjacent to an activating group) is 1. The highest BCUT2D eigenvalue weighted by molar-refractivity contribution is 5.89. The van der Waals surface area contributed by atoms with E-state index in [0.717, 1.165) is 24.8 Å². The Morgan fingerprint density at radius 2 is 0.964 bits per heavy atom. The molecule has 0 radical (unpaired) electrons. The molecule has 3 unspecified atom stereocenters. The number of Topliss-reactive ketones (excluding diaryl/α,β-unsaturated/α-hetero) is 1. The Hall–Kier alpha value is -8.72. The summed E-state index contributed by atoms with van der Waals surface area (Å²) in [5.74, 6) is 0.970. The Bertz CT molecular complexity index is 3860. The molecular weight excluding hydrogens is 1070 g/mol. The van der Waals surface area contributed by atoms with E-state index in [1.165, 1.54) is 13.7 Å². The highest BCUT2D eigenvalue weighted by Crippen LogP contribution is 2.31. The number of amides is 5. The van der Waals surface area contributed by atoms with Gasteiger partial charge in [-0.1, -0.05) is 82.5 Å². The first-order chi connectivity index (χ1) is 39.8. The highest BCUT2D eigenvalue weighted by Gasteiger charge is 2.33. The molecule has 21 heteroatoms. The lowest BCUT2D eigenvalue weighted by molar-refractivity contribution is -0.125. The minimum Gasteiger partial charge on any atom is -0.352 e. The van der Waals surface area contributed by atoms with Crippen LogP contribution in [-0.4, -0.2) is 89.5 Å². The number of allylic oxidation sites excluding steroid dienone is 3. The first kappa shape index (κ1) is 61.4. The van der Waals surface area contributed by atoms with E-state index in [-0.39, 0.29) is 89.5 Å². The molecule has 0 bridgehead atoms. The number of rotatable bonds is 13. The number of aryl methyl sites for hydroxylation is 3. The fraction of sp³-hybridized carbons (Fsp3) is 0.429. The van der Waals surface area contributed by atoms with Gasteiger partial charge in [-0.2, -0.15) is 0 Å². The maximum Gasteiger partial charge on any atom is 0.262 e. The smallest absolute Gasteiger partial charge is 0.262 e. The largest absolute Gasteiger partial charge is 0.352 e. The lowest BCUT2D eigenvalue weighted by Gasteiger charge is -2.26. The standard InChI is InChI=1S/C23H29N3O3.C20H25N5O3.C20H22N4O3/c1-14-9-10-18(19(27)11-14)26-15(2)25-17-8-6-7-16(21(17)22(26)29)13-24-20(28)12-23(3,4)5;1-12-8-9-16(19(27)22-12)25-13(2)23-15-7-5-6-14(18(15)20(25)28)10-21-17(26)11-24(3)4;1-11-6-9-16(19(26)22-11)24-12(2)23-15-5-3-4-14(17(15)20(24)27)10-21-18(25)13-7-8-13/h6-8,18H,1,9-13H2,2-5H3,(H,24,28);5-7,16H,1,8-11H2,2-4H3,(H,21,26)(H,22,27);3-5,13,16H,1,6-10H2,2H3,(H,21,25)(H,22,26). The minimum atomic E-state index is -0.619. The van der Waals surface area contributed by atoms with Crippen LogP contribution in [0.1, 0.15) is 137 Å². The van der Waals surface area contributed by atoms with Gasteiger partial charge in [0.25, 0.3) is 16.7 Å². The number of hydrogen-bond acceptors (Lipinski definition) is 13. The summed E-state index contributed by atoms with van der Waals surface area (Å²) in [6.07, 6.45) is 6.11. The van der Waals surface area contributed by atoms with Gasteiger partial charge >= 0.3 is 0 Å². The molecule has 10 rings (SSSR count). The maximum absolute atomic E-state index is 13.4. The third-order valence-electron chi connectivity index (χ3n) is 15.2. The molecule has 4 fully saturated rings. The monoisotopic (exact) mass is 1140 g/mol. The summed E-state index contributed by atoms with van der Waals surface area (Å²) >= 11 is 0. The Balaban J connectivity index is 0.000000164. The number of aromatic nitrogens is 6. The van der Waals surface area contributed by atoms with Gasteiger partial charge in [-0.3, -0.25) is 56.9 Å². The average molecular weight is 1150 g/mol. The molecule has 4 aliphatic rings. The minimum absolute atomic E-state index is 0.00330. The number of nitrogens with one attached hydrogen (secondary N) is 5. The quantitative estimate of drug-likeness (QED) is 0.0813. The van der Waals surface area contributed by atoms with Crippen molar-refractivity contribution in [3.8, 4) is 0 Å². The zero-order chi connectivity index (χ0) is 60.9. The van der Waals surface area contributed by atoms with Gasteiger partial charge in [0.2, 0.25) is 29.5 Å². The van der Waals surface area contributed by atoms with E-state index in [2.05, 4.69) is 61.3 Å². The van der Waals surface area contributed by atoms with E-state index in [1.807, 2.05) is 65.2 Å². The van der Waals surface area contributed by atoms with Crippen LogP contribution in [0, 0.1) is 32.1 Å². The van der Waals surface area contributed by atoms with Crippen LogP contribution in [0.3, 0.4) is 0 Å². The summed E-state index contributed by atoms with van der Waals surface area (Å²) in [5.41, 5.74) is 5.20. The van der Waals surface area contributed by atoms with E-state index in [1.54, 1.807) is 49.9 Å². The van der Waals surface area contributed by atoms with Crippen LogP contribution in [-0.2, 0) is 48.4 Å². The van der Waals surface area contributed by atoms with Crippen LogP contribution in [0.2, 0.25) is 0 Å². The molecule has 5 amide bonds. The third-order valence-corrected chi connectivity index (χ3v) is 15.2. The summed E-state index contributed by atoms with van der Waals surface area (Å²) in [6.45, 7) is 23.7. The zero-order valence-electron chi connectivity index (χ0n) is 49.3. The molecule has 3 atom stereocenters. The fourth-order valence-corrected chi connectivity index (χ4v) is 11.0. The van der Waals surface area contributed by atoms with Crippen molar-refractivity contribution < 1.29 is 28.8 Å². The summed E-state index contributed by atoms with van der Waals surface area (Å²) in [6, 6.07) is 14.5. The molecule has 6 aromatic rings. The van der Waals surface area contributed by atoms with E-state index in [9.17, 15) is 43.2 Å². The summed E-state index contributed by atoms with van der Waals surface area (Å²) < 4.78 is 4.45. The van der Waals surface area contributed by atoms with Crippen LogP contribution in [0.25, 0.3) is 32.7 Å². The zero-order valence-corrected chi connectivity index (χ0v) is 49.3. The van der Waals surface area contributed by atoms with Crippen LogP contribution in [0.15, 0.2) is 106 Å². The van der Waals surface area contributed by atoms with Gasteiger partial charge in [-0.25, -0.2) is 15.0 Å². The van der Waals surface area contributed by atoms with E-state index in [4.69, 9.17) is 0 Å². The van der Waals surface area contributed by atoms with Crippen LogP contribution in [0.5, 0.6) is 0 Å². The molecule has 2 saturated carbocycles. The summed E-state index contributed by atoms with van der Waals surface area (Å²) in [4.78, 5) is 129. The van der Waals surface area contributed by atoms with Crippen molar-refractivity contribution in [1.29, 1.82) is 0 Å². The van der Waals surface area contributed by atoms with Gasteiger partial charge < -0.3 is 31.5 Å². The topological polar surface area (TPSA) is 270 Å². The molecule has 2 saturated heterocycles. The Kier molecular flexibility index (Phi) is 18.9. The van der Waals surface area contributed by atoms with E-state index >= 15 is 0 Å². The Morgan fingerprint density at radius 3 is 1.35 bits per heavy atom. The van der Waals surface area contributed by atoms with Crippen molar-refractivity contribution in [2.45, 2.75) is 144 Å². The normalized spacial score (nSPS) is 18.1. The maximum atomic E-state index is 13.4. The van der Waals surface area contributed by atoms with Gasteiger partial charge in [0.05, 0.1) is 45.3 Å². The third kappa shape index (κ3) is 14.4. The van der Waals surface area contributed by atoms with Gasteiger partial charge in [0.1, 0.15) is 29.6 Å². The summed E-state index contributed by atoms with van der Waals surface area (Å²) in [7, 11) is 3.62. The van der Waals surface area contributed by atoms with Crippen molar-refractivity contribution in [3.05, 3.63) is 157 Å². The number of carbonyl (C=O) groups is 6. The fourth-order valence-electron chi connectivity index (χ4n) is 11.0. The average Bonchev–Trinajstić information content (AvgIpc) is 1.55. The molecule has 84 heavy (non-hydrogen) atoms. The van der Waals surface area contributed by atoms with Crippen molar-refractivity contribution in [2.24, 2.45) is 11.3 Å². The van der Waals surface area contributed by atoms with Crippen LogP contribution < -0.4 is 43.3 Å². The van der Waals surface area contributed by atoms with Crippen molar-refractivity contribution in [3.63, 3.8) is 0 Å². The predicted octanol–water partition coefficient (Wildman–Crippen LogP) is 6.15. The molecule has 21 nitrogen and oxygen atoms in total. The van der Waals surface area contributed by atoms with Gasteiger partial charge in [-0.15, -0.1) is 0 Å². The highest BCUT2D eigenvalue weighted by atomic mass is 16.2. The lowest BCUT2D eigenvalue weighted by Crippen LogP contribution is -2.41. The second-order valence-electron chi connectivity index (χ2n) is 23.7. The molecule has 3 aromatic heterocycles. The SMILES string of the molecule is C=C1CCC(n2c(C)nc3cccc(CNC(=O)C4CC4)c3c2=O)C(=O)N1.C=C1CCC(n2c(C)nc3cccc(CNC(=O)CC(C)(C)C)c3c2=O)C(=O)C1.C=C1CCC(n2c(C)nc3cccc(CNC(=O)CN(C)C)c3c2=O)C(=O)N1. The van der Waals surface area contributed by atoms with Crippen molar-refractivity contribution in [1.82, 2.24) is 60.1 Å².